The molecule has 0 aliphatic carbocycles. The molecule has 1 heterocycles. The maximum Gasteiger partial charge on any atom is 0.251 e. The van der Waals surface area contributed by atoms with Gasteiger partial charge in [-0.1, -0.05) is 24.3 Å². The van der Waals surface area contributed by atoms with Crippen LogP contribution in [0.25, 0.3) is 0 Å². The molecule has 0 radical (unpaired) electrons. The number of hydrogen-bond donors (Lipinski definition) is 2. The molecule has 3 N–H and O–H groups in total. The van der Waals surface area contributed by atoms with Gasteiger partial charge in [-0.3, -0.25) is 4.79 Å². The summed E-state index contributed by atoms with van der Waals surface area (Å²) in [6, 6.07) is 10.7. The number of hydrogen-bond acceptors (Lipinski definition) is 4. The lowest BCUT2D eigenvalue weighted by atomic mass is 10.0. The van der Waals surface area contributed by atoms with Crippen molar-refractivity contribution in [1.29, 1.82) is 0 Å². The van der Waals surface area contributed by atoms with Crippen LogP contribution < -0.4 is 15.2 Å². The van der Waals surface area contributed by atoms with Gasteiger partial charge in [-0.05, 0) is 42.7 Å². The molecular formula is C18H20N2O4S. The van der Waals surface area contributed by atoms with Crippen molar-refractivity contribution in [2.45, 2.75) is 31.3 Å². The summed E-state index contributed by atoms with van der Waals surface area (Å²) < 4.78 is 29.1. The predicted octanol–water partition coefficient (Wildman–Crippen LogP) is 1.68. The normalized spacial score (nSPS) is 16.2. The third-order valence-corrected chi connectivity index (χ3v) is 5.33. The fourth-order valence-electron chi connectivity index (χ4n) is 3.05. The number of primary sulfonamides is 1. The summed E-state index contributed by atoms with van der Waals surface area (Å²) in [5.41, 5.74) is 2.62. The Hall–Kier alpha value is -2.38. The van der Waals surface area contributed by atoms with E-state index >= 15 is 0 Å². The molecule has 0 bridgehead atoms. The number of para-hydroxylation sites is 1. The van der Waals surface area contributed by atoms with Crippen molar-refractivity contribution in [3.8, 4) is 5.75 Å². The lowest BCUT2D eigenvalue weighted by molar-refractivity contribution is 0.0932. The van der Waals surface area contributed by atoms with E-state index in [0.29, 0.717) is 23.2 Å². The van der Waals surface area contributed by atoms with E-state index in [4.69, 9.17) is 9.88 Å². The monoisotopic (exact) mass is 360 g/mol. The first-order valence-electron chi connectivity index (χ1n) is 7.92. The molecule has 0 unspecified atom stereocenters. The van der Waals surface area contributed by atoms with Crippen LogP contribution in [0.2, 0.25) is 0 Å². The molecule has 6 nitrogen and oxygen atoms in total. The molecular weight excluding hydrogens is 340 g/mol. The number of benzene rings is 2. The first kappa shape index (κ1) is 17.4. The van der Waals surface area contributed by atoms with E-state index < -0.39 is 10.0 Å². The average Bonchev–Trinajstić information content (AvgIpc) is 2.94. The first-order chi connectivity index (χ1) is 11.8. The minimum Gasteiger partial charge on any atom is -0.488 e. The number of amides is 1. The number of sulfonamides is 1. The largest absolute Gasteiger partial charge is 0.488 e. The van der Waals surface area contributed by atoms with Crippen LogP contribution in [-0.2, 0) is 16.4 Å². The standard InChI is InChI=1S/C18H20N2O4S/c1-11-7-12(2)17(25(19,22)23)9-15(11)18(21)20-10-14-8-13-5-3-4-6-16(13)24-14/h3-7,9,14H,8,10H2,1-2H3,(H,20,21)(H2,19,22,23)/t14-/m0/s1. The van der Waals surface area contributed by atoms with Gasteiger partial charge in [0.05, 0.1) is 11.4 Å². The number of nitrogens with two attached hydrogens (primary N) is 1. The van der Waals surface area contributed by atoms with Crippen LogP contribution in [0.15, 0.2) is 41.3 Å². The quantitative estimate of drug-likeness (QED) is 0.867. The second-order valence-electron chi connectivity index (χ2n) is 6.24. The highest BCUT2D eigenvalue weighted by atomic mass is 32.2. The van der Waals surface area contributed by atoms with Crippen LogP contribution >= 0.6 is 0 Å². The Morgan fingerprint density at radius 2 is 1.96 bits per heavy atom. The molecule has 0 saturated carbocycles. The molecule has 0 aromatic heterocycles. The maximum absolute atomic E-state index is 12.5. The second-order valence-corrected chi connectivity index (χ2v) is 7.77. The van der Waals surface area contributed by atoms with Crippen LogP contribution in [0.5, 0.6) is 5.75 Å². The average molecular weight is 360 g/mol. The molecule has 2 aromatic rings. The van der Waals surface area contributed by atoms with Gasteiger partial charge >= 0.3 is 0 Å². The van der Waals surface area contributed by atoms with Crippen molar-refractivity contribution >= 4 is 15.9 Å². The minimum atomic E-state index is -3.88. The van der Waals surface area contributed by atoms with Gasteiger partial charge in [-0.15, -0.1) is 0 Å². The smallest absolute Gasteiger partial charge is 0.251 e. The van der Waals surface area contributed by atoms with Gasteiger partial charge in [0.15, 0.2) is 0 Å². The Morgan fingerprint density at radius 1 is 1.24 bits per heavy atom. The van der Waals surface area contributed by atoms with Gasteiger partial charge in [0.1, 0.15) is 11.9 Å². The molecule has 0 fully saturated rings. The van der Waals surface area contributed by atoms with E-state index in [1.54, 1.807) is 19.9 Å². The highest BCUT2D eigenvalue weighted by molar-refractivity contribution is 7.89. The zero-order valence-corrected chi connectivity index (χ0v) is 14.9. The molecule has 132 valence electrons. The van der Waals surface area contributed by atoms with Crippen molar-refractivity contribution in [3.05, 3.63) is 58.7 Å². The molecule has 3 rings (SSSR count). The van der Waals surface area contributed by atoms with Crippen molar-refractivity contribution in [2.75, 3.05) is 6.54 Å². The Bertz CT molecular complexity index is 913. The molecule has 2 aromatic carbocycles. The maximum atomic E-state index is 12.5. The molecule has 0 saturated heterocycles. The van der Waals surface area contributed by atoms with Crippen LogP contribution in [-0.4, -0.2) is 27.0 Å². The van der Waals surface area contributed by atoms with Gasteiger partial charge in [0.25, 0.3) is 5.91 Å². The van der Waals surface area contributed by atoms with E-state index in [1.165, 1.54) is 6.07 Å². The SMILES string of the molecule is Cc1cc(C)c(S(N)(=O)=O)cc1C(=O)NC[C@@H]1Cc2ccccc2O1. The zero-order valence-electron chi connectivity index (χ0n) is 14.1. The Balaban J connectivity index is 1.72. The number of aryl methyl sites for hydroxylation is 2. The lowest BCUT2D eigenvalue weighted by Gasteiger charge is -2.14. The molecule has 1 aliphatic heterocycles. The topological polar surface area (TPSA) is 98.5 Å². The number of rotatable bonds is 4. The third-order valence-electron chi connectivity index (χ3n) is 4.28. The Morgan fingerprint density at radius 3 is 2.64 bits per heavy atom. The van der Waals surface area contributed by atoms with Crippen molar-refractivity contribution in [2.24, 2.45) is 5.14 Å². The van der Waals surface area contributed by atoms with E-state index in [2.05, 4.69) is 5.32 Å². The minimum absolute atomic E-state index is 0.0345. The third kappa shape index (κ3) is 3.67. The Labute approximate surface area is 147 Å². The fraction of sp³-hybridized carbons (Fsp3) is 0.278. The molecule has 7 heteroatoms. The lowest BCUT2D eigenvalue weighted by Crippen LogP contribution is -2.35. The van der Waals surface area contributed by atoms with E-state index in [0.717, 1.165) is 17.7 Å². The Kier molecular flexibility index (Phi) is 4.53. The van der Waals surface area contributed by atoms with Crippen LogP contribution in [0.1, 0.15) is 27.0 Å². The molecule has 1 aliphatic rings. The molecule has 1 amide bonds. The van der Waals surface area contributed by atoms with E-state index in [-0.39, 0.29) is 16.9 Å². The molecule has 1 atom stereocenters. The van der Waals surface area contributed by atoms with Crippen molar-refractivity contribution in [3.63, 3.8) is 0 Å². The number of carbonyl (C=O) groups excluding carboxylic acids is 1. The van der Waals surface area contributed by atoms with Crippen LogP contribution in [0.4, 0.5) is 0 Å². The number of fused-ring (bicyclic) bond motifs is 1. The van der Waals surface area contributed by atoms with E-state index in [1.807, 2.05) is 24.3 Å². The van der Waals surface area contributed by atoms with E-state index in [9.17, 15) is 13.2 Å². The molecule has 25 heavy (non-hydrogen) atoms. The highest BCUT2D eigenvalue weighted by Crippen LogP contribution is 2.27. The summed E-state index contributed by atoms with van der Waals surface area (Å²) >= 11 is 0. The van der Waals surface area contributed by atoms with Gasteiger partial charge in [-0.2, -0.15) is 0 Å². The highest BCUT2D eigenvalue weighted by Gasteiger charge is 2.24. The number of ether oxygens (including phenoxy) is 1. The van der Waals surface area contributed by atoms with Gasteiger partial charge in [-0.25, -0.2) is 13.6 Å². The predicted molar refractivity (Wildman–Crippen MR) is 94.2 cm³/mol. The fourth-order valence-corrected chi connectivity index (χ4v) is 3.84. The van der Waals surface area contributed by atoms with Crippen LogP contribution in [0, 0.1) is 13.8 Å². The summed E-state index contributed by atoms with van der Waals surface area (Å²) in [5.74, 6) is 0.492. The summed E-state index contributed by atoms with van der Waals surface area (Å²) in [6.07, 6.45) is 0.594. The summed E-state index contributed by atoms with van der Waals surface area (Å²) in [4.78, 5) is 12.4. The van der Waals surface area contributed by atoms with Gasteiger partial charge in [0, 0.05) is 12.0 Å². The summed E-state index contributed by atoms with van der Waals surface area (Å²) in [7, 11) is -3.88. The van der Waals surface area contributed by atoms with Crippen molar-refractivity contribution < 1.29 is 17.9 Å². The second kappa shape index (κ2) is 6.50. The van der Waals surface area contributed by atoms with Crippen LogP contribution in [0.3, 0.4) is 0 Å². The van der Waals surface area contributed by atoms with Gasteiger partial charge < -0.3 is 10.1 Å². The number of carbonyl (C=O) groups is 1. The first-order valence-corrected chi connectivity index (χ1v) is 9.47. The number of nitrogens with one attached hydrogen (secondary N) is 1. The summed E-state index contributed by atoms with van der Waals surface area (Å²) in [5, 5.41) is 8.03. The van der Waals surface area contributed by atoms with Gasteiger partial charge in [0.2, 0.25) is 10.0 Å². The molecule has 0 spiro atoms. The summed E-state index contributed by atoms with van der Waals surface area (Å²) in [6.45, 7) is 3.75. The van der Waals surface area contributed by atoms with Crippen molar-refractivity contribution in [1.82, 2.24) is 5.32 Å². The zero-order chi connectivity index (χ0) is 18.2.